The van der Waals surface area contributed by atoms with Crippen molar-refractivity contribution in [3.63, 3.8) is 0 Å². The lowest BCUT2D eigenvalue weighted by Gasteiger charge is -2.19. The van der Waals surface area contributed by atoms with Gasteiger partial charge in [0.25, 0.3) is 0 Å². The first kappa shape index (κ1) is 20.5. The first-order valence-corrected chi connectivity index (χ1v) is 10.3. The second-order valence-corrected chi connectivity index (χ2v) is 7.95. The summed E-state index contributed by atoms with van der Waals surface area (Å²) in [5, 5.41) is 21.4. The Morgan fingerprint density at radius 1 is 1.29 bits per heavy atom. The third-order valence-corrected chi connectivity index (χ3v) is 5.84. The molecule has 1 aliphatic carbocycles. The molecular weight excluding hydrogens is 356 g/mol. The average Bonchev–Trinajstić information content (AvgIpc) is 3.15. The highest BCUT2D eigenvalue weighted by Gasteiger charge is 2.26. The van der Waals surface area contributed by atoms with Gasteiger partial charge in [-0.05, 0) is 42.9 Å². The summed E-state index contributed by atoms with van der Waals surface area (Å²) in [7, 11) is 0. The molecule has 0 aromatic heterocycles. The van der Waals surface area contributed by atoms with Gasteiger partial charge in [0.15, 0.2) is 0 Å². The molecule has 1 aliphatic heterocycles. The number of Topliss-reactive ketones (excluding diaryl/α,β-unsaturated/α-hetero) is 2. The van der Waals surface area contributed by atoms with Crippen LogP contribution in [0.15, 0.2) is 18.2 Å². The van der Waals surface area contributed by atoms with Crippen LogP contribution in [-0.4, -0.2) is 41.1 Å². The molecule has 3 N–H and O–H groups in total. The molecule has 0 amide bonds. The Kier molecular flexibility index (Phi) is 6.83. The average molecular weight is 386 g/mol. The van der Waals surface area contributed by atoms with Crippen molar-refractivity contribution in [1.82, 2.24) is 0 Å². The molecule has 0 unspecified atom stereocenters. The van der Waals surface area contributed by atoms with Gasteiger partial charge >= 0.3 is 0 Å². The Hall–Kier alpha value is -2.21. The highest BCUT2D eigenvalue weighted by molar-refractivity contribution is 6.64. The molecule has 2 atom stereocenters. The lowest BCUT2D eigenvalue weighted by Crippen LogP contribution is -2.35. The van der Waals surface area contributed by atoms with Crippen LogP contribution >= 0.6 is 0 Å². The Balaban J connectivity index is 1.55. The van der Waals surface area contributed by atoms with Gasteiger partial charge in [-0.15, -0.1) is 0 Å². The third kappa shape index (κ3) is 4.98. The maximum atomic E-state index is 12.2. The molecule has 0 radical (unpaired) electrons. The summed E-state index contributed by atoms with van der Waals surface area (Å²) in [5.74, 6) is -0.0529. The number of ether oxygens (including phenoxy) is 1. The van der Waals surface area contributed by atoms with Crippen molar-refractivity contribution in [2.45, 2.75) is 70.4 Å². The number of rotatable bonds is 8. The molecule has 6 heteroatoms. The maximum Gasteiger partial charge on any atom is 0.241 e. The molecule has 2 aliphatic rings. The summed E-state index contributed by atoms with van der Waals surface area (Å²) in [5.41, 5.74) is 1.66. The minimum absolute atomic E-state index is 0.0521. The fourth-order valence-corrected chi connectivity index (χ4v) is 4.04. The number of nitrogens with one attached hydrogen (secondary N) is 2. The Morgan fingerprint density at radius 2 is 2.04 bits per heavy atom. The molecule has 0 spiro atoms. The zero-order valence-electron chi connectivity index (χ0n) is 16.5. The van der Waals surface area contributed by atoms with Gasteiger partial charge in [-0.3, -0.25) is 9.59 Å². The SMILES string of the molecule is CC[C@@H]1Nc2ccc(CCC(=N)C(=O)C(=O)CC3CCCC3)cc2OC[C@H]1O. The van der Waals surface area contributed by atoms with Crippen molar-refractivity contribution >= 4 is 23.0 Å². The first-order valence-electron chi connectivity index (χ1n) is 10.3. The van der Waals surface area contributed by atoms with Crippen LogP contribution in [0.25, 0.3) is 0 Å². The number of aliphatic hydroxyl groups excluding tert-OH is 1. The lowest BCUT2D eigenvalue weighted by atomic mass is 9.95. The molecule has 1 saturated carbocycles. The molecule has 1 fully saturated rings. The van der Waals surface area contributed by atoms with Crippen LogP contribution in [0.3, 0.4) is 0 Å². The van der Waals surface area contributed by atoms with Crippen LogP contribution in [0.1, 0.15) is 57.4 Å². The highest BCUT2D eigenvalue weighted by Crippen LogP contribution is 2.31. The van der Waals surface area contributed by atoms with Crippen LogP contribution in [0, 0.1) is 11.3 Å². The minimum Gasteiger partial charge on any atom is -0.489 e. The minimum atomic E-state index is -0.631. The number of aryl methyl sites for hydroxylation is 1. The van der Waals surface area contributed by atoms with Gasteiger partial charge in [0, 0.05) is 6.42 Å². The van der Waals surface area contributed by atoms with E-state index in [0.29, 0.717) is 24.5 Å². The van der Waals surface area contributed by atoms with Crippen molar-refractivity contribution in [3.8, 4) is 5.75 Å². The van der Waals surface area contributed by atoms with E-state index in [4.69, 9.17) is 10.1 Å². The zero-order valence-corrected chi connectivity index (χ0v) is 16.5. The van der Waals surface area contributed by atoms with Crippen LogP contribution in [0.2, 0.25) is 0 Å². The molecule has 28 heavy (non-hydrogen) atoms. The number of ketones is 2. The van der Waals surface area contributed by atoms with E-state index in [0.717, 1.165) is 43.4 Å². The quantitative estimate of drug-likeness (QED) is 0.470. The fraction of sp³-hybridized carbons (Fsp3) is 0.591. The molecular formula is C22H30N2O4. The van der Waals surface area contributed by atoms with Crippen molar-refractivity contribution in [3.05, 3.63) is 23.8 Å². The summed E-state index contributed by atoms with van der Waals surface area (Å²) in [4.78, 5) is 24.3. The van der Waals surface area contributed by atoms with E-state index in [1.165, 1.54) is 0 Å². The predicted molar refractivity (Wildman–Crippen MR) is 108 cm³/mol. The van der Waals surface area contributed by atoms with Gasteiger partial charge < -0.3 is 20.6 Å². The topological polar surface area (TPSA) is 99.5 Å². The van der Waals surface area contributed by atoms with Crippen molar-refractivity contribution in [1.29, 1.82) is 5.41 Å². The monoisotopic (exact) mass is 386 g/mol. The molecule has 1 aromatic rings. The molecule has 0 saturated heterocycles. The Labute approximate surface area is 166 Å². The van der Waals surface area contributed by atoms with Crippen molar-refractivity contribution in [2.75, 3.05) is 11.9 Å². The number of carbonyl (C=O) groups excluding carboxylic acids is 2. The van der Waals surface area contributed by atoms with E-state index in [-0.39, 0.29) is 24.8 Å². The fourth-order valence-electron chi connectivity index (χ4n) is 4.04. The van der Waals surface area contributed by atoms with Crippen molar-refractivity contribution in [2.24, 2.45) is 5.92 Å². The molecule has 6 nitrogen and oxygen atoms in total. The number of hydrogen-bond acceptors (Lipinski definition) is 6. The van der Waals surface area contributed by atoms with Crippen LogP contribution in [0.5, 0.6) is 5.75 Å². The van der Waals surface area contributed by atoms with Gasteiger partial charge in [0.05, 0.1) is 17.4 Å². The second-order valence-electron chi connectivity index (χ2n) is 7.95. The number of hydrogen-bond donors (Lipinski definition) is 3. The van der Waals surface area contributed by atoms with Gasteiger partial charge in [0.2, 0.25) is 11.6 Å². The third-order valence-electron chi connectivity index (χ3n) is 5.84. The smallest absolute Gasteiger partial charge is 0.241 e. The Bertz CT molecular complexity index is 740. The standard InChI is InChI=1S/C22H30N2O4/c1-2-17-20(26)13-28-21-12-15(8-10-18(21)24-17)7-9-16(23)22(27)19(25)11-14-5-3-4-6-14/h8,10,12,14,17,20,23-24,26H,2-7,9,11,13H2,1H3/t17-,20+/m0/s1. The van der Waals surface area contributed by atoms with Gasteiger partial charge in [-0.2, -0.15) is 0 Å². The second kappa shape index (κ2) is 9.32. The van der Waals surface area contributed by atoms with Crippen LogP contribution in [-0.2, 0) is 16.0 Å². The number of fused-ring (bicyclic) bond motifs is 1. The van der Waals surface area contributed by atoms with Gasteiger partial charge in [0.1, 0.15) is 18.5 Å². The van der Waals surface area contributed by atoms with E-state index in [9.17, 15) is 14.7 Å². The predicted octanol–water partition coefficient (Wildman–Crippen LogP) is 3.30. The summed E-state index contributed by atoms with van der Waals surface area (Å²) in [6.45, 7) is 2.24. The highest BCUT2D eigenvalue weighted by atomic mass is 16.5. The normalized spacial score (nSPS) is 21.9. The Morgan fingerprint density at radius 3 is 2.75 bits per heavy atom. The summed E-state index contributed by atoms with van der Waals surface area (Å²) < 4.78 is 5.71. The maximum absolute atomic E-state index is 12.2. The van der Waals surface area contributed by atoms with Crippen LogP contribution in [0.4, 0.5) is 5.69 Å². The first-order chi connectivity index (χ1) is 13.5. The molecule has 0 bridgehead atoms. The molecule has 152 valence electrons. The van der Waals surface area contributed by atoms with Crippen LogP contribution < -0.4 is 10.1 Å². The molecule has 3 rings (SSSR count). The lowest BCUT2D eigenvalue weighted by molar-refractivity contribution is -0.133. The summed E-state index contributed by atoms with van der Waals surface area (Å²) in [6, 6.07) is 5.66. The molecule has 1 aromatic carbocycles. The van der Waals surface area contributed by atoms with Gasteiger partial charge in [-0.25, -0.2) is 0 Å². The summed E-state index contributed by atoms with van der Waals surface area (Å²) >= 11 is 0. The largest absolute Gasteiger partial charge is 0.489 e. The number of aliphatic hydroxyl groups is 1. The number of benzene rings is 1. The van der Waals surface area contributed by atoms with E-state index < -0.39 is 17.7 Å². The zero-order chi connectivity index (χ0) is 20.1. The van der Waals surface area contributed by atoms with Crippen molar-refractivity contribution < 1.29 is 19.4 Å². The van der Waals surface area contributed by atoms with E-state index in [2.05, 4.69) is 5.32 Å². The number of carbonyl (C=O) groups is 2. The van der Waals surface area contributed by atoms with E-state index in [1.54, 1.807) is 0 Å². The van der Waals surface area contributed by atoms with E-state index in [1.807, 2.05) is 25.1 Å². The van der Waals surface area contributed by atoms with Gasteiger partial charge in [-0.1, -0.05) is 38.7 Å². The molecule has 1 heterocycles. The number of anilines is 1. The van der Waals surface area contributed by atoms with E-state index >= 15 is 0 Å². The summed E-state index contributed by atoms with van der Waals surface area (Å²) in [6.07, 6.45) is 5.55.